The molecule has 0 fully saturated rings. The summed E-state index contributed by atoms with van der Waals surface area (Å²) >= 11 is 1.75. The minimum Gasteiger partial charge on any atom is -0.439 e. The summed E-state index contributed by atoms with van der Waals surface area (Å²) in [5, 5.41) is 13.3. The lowest BCUT2D eigenvalue weighted by Gasteiger charge is -1.98. The van der Waals surface area contributed by atoms with Crippen LogP contribution in [0.2, 0.25) is 0 Å². The van der Waals surface area contributed by atoms with E-state index in [4.69, 9.17) is 4.42 Å². The van der Waals surface area contributed by atoms with Gasteiger partial charge in [-0.25, -0.2) is 0 Å². The normalized spacial score (nSPS) is 13.0. The van der Waals surface area contributed by atoms with Crippen molar-refractivity contribution in [2.24, 2.45) is 0 Å². The lowest BCUT2D eigenvalue weighted by Crippen LogP contribution is -1.82. The zero-order chi connectivity index (χ0) is 18.0. The summed E-state index contributed by atoms with van der Waals surface area (Å²) in [5.74, 6) is 0. The summed E-state index contributed by atoms with van der Waals surface area (Å²) in [6.07, 6.45) is 0. The third-order valence-electron chi connectivity index (χ3n) is 6.21. The Kier molecular flexibility index (Phi) is 2.10. The predicted octanol–water partition coefficient (Wildman–Crippen LogP) is 7.28. The Morgan fingerprint density at radius 1 is 0.714 bits per heavy atom. The van der Waals surface area contributed by atoms with Gasteiger partial charge >= 0.3 is 0 Å². The molecule has 4 heteroatoms. The van der Waals surface area contributed by atoms with E-state index in [9.17, 15) is 0 Å². The van der Waals surface area contributed by atoms with E-state index in [2.05, 4.69) is 68.7 Å². The number of aromatic amines is 1. The van der Waals surface area contributed by atoms with Crippen LogP contribution < -0.4 is 0 Å². The van der Waals surface area contributed by atoms with Gasteiger partial charge in [0.05, 0.1) is 16.4 Å². The topological polar surface area (TPSA) is 33.3 Å². The molecule has 28 heavy (non-hydrogen) atoms. The summed E-state index contributed by atoms with van der Waals surface area (Å²) in [5.41, 5.74) is 6.69. The molecule has 0 atom stereocenters. The average Bonchev–Trinajstić information content (AvgIpc) is 3.45. The van der Waals surface area contributed by atoms with Crippen LogP contribution in [0.5, 0.6) is 0 Å². The minimum atomic E-state index is 0.936. The molecular formula is C24H12N2OS. The van der Waals surface area contributed by atoms with Crippen molar-refractivity contribution in [2.75, 3.05) is 0 Å². The molecule has 0 saturated heterocycles. The number of para-hydroxylation sites is 1. The molecule has 0 unspecified atom stereocenters. The minimum absolute atomic E-state index is 0.936. The monoisotopic (exact) mass is 376 g/mol. The van der Waals surface area contributed by atoms with Crippen molar-refractivity contribution in [1.29, 1.82) is 0 Å². The SMILES string of the molecule is c1ccc2c(c1)oc1c2c2ccc3[nH]c4cccc5c6cscc6n1c2c3c45. The van der Waals surface area contributed by atoms with Crippen molar-refractivity contribution in [3.63, 3.8) is 0 Å². The van der Waals surface area contributed by atoms with Crippen LogP contribution in [0.3, 0.4) is 0 Å². The van der Waals surface area contributed by atoms with E-state index in [-0.39, 0.29) is 0 Å². The second-order valence-electron chi connectivity index (χ2n) is 7.52. The van der Waals surface area contributed by atoms with Gasteiger partial charge in [-0.1, -0.05) is 30.3 Å². The molecule has 3 aromatic carbocycles. The summed E-state index contributed by atoms with van der Waals surface area (Å²) in [6.45, 7) is 0. The maximum atomic E-state index is 6.43. The first-order valence-corrected chi connectivity index (χ1v) is 10.3. The Labute approximate surface area is 161 Å². The van der Waals surface area contributed by atoms with Crippen molar-refractivity contribution in [1.82, 2.24) is 9.38 Å². The van der Waals surface area contributed by atoms with E-state index in [0.29, 0.717) is 0 Å². The van der Waals surface area contributed by atoms with Gasteiger partial charge in [-0.3, -0.25) is 4.40 Å². The van der Waals surface area contributed by atoms with Crippen LogP contribution in [-0.4, -0.2) is 9.38 Å². The fraction of sp³-hybridized carbons (Fsp3) is 0. The van der Waals surface area contributed by atoms with E-state index in [1.165, 1.54) is 59.8 Å². The van der Waals surface area contributed by atoms with Gasteiger partial charge in [0.1, 0.15) is 5.58 Å². The van der Waals surface area contributed by atoms with Crippen molar-refractivity contribution >= 4 is 82.4 Å². The number of nitrogens with zero attached hydrogens (tertiary/aromatic N) is 1. The maximum Gasteiger partial charge on any atom is 0.213 e. The molecular weight excluding hydrogens is 364 g/mol. The molecule has 5 heterocycles. The van der Waals surface area contributed by atoms with Crippen molar-refractivity contribution < 1.29 is 4.42 Å². The second-order valence-corrected chi connectivity index (χ2v) is 8.27. The zero-order valence-corrected chi connectivity index (χ0v) is 15.4. The van der Waals surface area contributed by atoms with Gasteiger partial charge in [-0.15, -0.1) is 11.3 Å². The highest BCUT2D eigenvalue weighted by atomic mass is 32.1. The Balaban J connectivity index is 1.91. The first kappa shape index (κ1) is 13.6. The molecule has 130 valence electrons. The van der Waals surface area contributed by atoms with Gasteiger partial charge in [0, 0.05) is 48.7 Å². The molecule has 8 rings (SSSR count). The van der Waals surface area contributed by atoms with Crippen LogP contribution >= 0.6 is 11.3 Å². The van der Waals surface area contributed by atoms with Gasteiger partial charge in [0.2, 0.25) is 5.71 Å². The summed E-state index contributed by atoms with van der Waals surface area (Å²) in [7, 11) is 0. The summed E-state index contributed by atoms with van der Waals surface area (Å²) in [6, 6.07) is 19.4. The lowest BCUT2D eigenvalue weighted by molar-refractivity contribution is 0.652. The third-order valence-corrected chi connectivity index (χ3v) is 6.94. The number of furan rings is 1. The number of rotatable bonds is 0. The Morgan fingerprint density at radius 3 is 2.61 bits per heavy atom. The highest BCUT2D eigenvalue weighted by Gasteiger charge is 2.23. The van der Waals surface area contributed by atoms with Crippen molar-refractivity contribution in [3.8, 4) is 0 Å². The predicted molar refractivity (Wildman–Crippen MR) is 118 cm³/mol. The molecule has 0 aliphatic carbocycles. The Hall–Kier alpha value is -3.50. The highest BCUT2D eigenvalue weighted by molar-refractivity contribution is 7.09. The number of H-pyrrole nitrogens is 1. The van der Waals surface area contributed by atoms with E-state index < -0.39 is 0 Å². The van der Waals surface area contributed by atoms with E-state index in [0.717, 1.165) is 11.3 Å². The molecule has 5 aromatic heterocycles. The first-order chi connectivity index (χ1) is 13.9. The lowest BCUT2D eigenvalue weighted by atomic mass is 10.0. The van der Waals surface area contributed by atoms with E-state index in [1.54, 1.807) is 11.3 Å². The zero-order valence-electron chi connectivity index (χ0n) is 14.6. The smallest absolute Gasteiger partial charge is 0.213 e. The second kappa shape index (κ2) is 4.32. The Bertz CT molecular complexity index is 1870. The van der Waals surface area contributed by atoms with Crippen molar-refractivity contribution in [3.05, 3.63) is 65.4 Å². The standard InChI is InChI=1S/C24H12N2OS/c1-2-7-19-13(4-1)20-14-8-9-17-22-21-12(5-3-6-16(21)25-17)15-10-28-11-18(15)26(23(14)22)24(20)27-19/h1-11,25H. The van der Waals surface area contributed by atoms with E-state index >= 15 is 0 Å². The van der Waals surface area contributed by atoms with Crippen LogP contribution in [-0.2, 0) is 0 Å². The van der Waals surface area contributed by atoms with E-state index in [1.807, 2.05) is 6.07 Å². The number of thiophene rings is 1. The maximum absolute atomic E-state index is 6.43. The molecule has 0 aliphatic heterocycles. The van der Waals surface area contributed by atoms with Crippen LogP contribution in [0.25, 0.3) is 71.1 Å². The van der Waals surface area contributed by atoms with Gasteiger partial charge in [-0.2, -0.15) is 0 Å². The van der Waals surface area contributed by atoms with Gasteiger partial charge in [-0.05, 0) is 29.7 Å². The van der Waals surface area contributed by atoms with Crippen LogP contribution in [0, 0.1) is 0 Å². The van der Waals surface area contributed by atoms with Crippen LogP contribution in [0.4, 0.5) is 0 Å². The molecule has 0 bridgehead atoms. The summed E-state index contributed by atoms with van der Waals surface area (Å²) in [4.78, 5) is 3.63. The number of hydrogen-bond acceptors (Lipinski definition) is 2. The van der Waals surface area contributed by atoms with Gasteiger partial charge < -0.3 is 9.40 Å². The van der Waals surface area contributed by atoms with Crippen LogP contribution in [0.15, 0.2) is 69.8 Å². The fourth-order valence-electron chi connectivity index (χ4n) is 5.12. The molecule has 0 aliphatic rings. The Morgan fingerprint density at radius 2 is 1.61 bits per heavy atom. The highest BCUT2D eigenvalue weighted by Crippen LogP contribution is 2.45. The number of hydrogen-bond donors (Lipinski definition) is 1. The first-order valence-electron chi connectivity index (χ1n) is 9.36. The number of fused-ring (bicyclic) bond motifs is 8. The molecule has 3 nitrogen and oxygen atoms in total. The molecule has 8 aromatic rings. The fourth-order valence-corrected chi connectivity index (χ4v) is 5.94. The van der Waals surface area contributed by atoms with Crippen molar-refractivity contribution in [2.45, 2.75) is 0 Å². The largest absolute Gasteiger partial charge is 0.439 e. The third kappa shape index (κ3) is 1.33. The quantitative estimate of drug-likeness (QED) is 0.296. The molecule has 1 N–H and O–H groups in total. The molecule has 0 amide bonds. The molecule has 0 spiro atoms. The number of benzene rings is 3. The number of aromatic nitrogens is 2. The van der Waals surface area contributed by atoms with Crippen LogP contribution in [0.1, 0.15) is 0 Å². The summed E-state index contributed by atoms with van der Waals surface area (Å²) < 4.78 is 8.77. The number of nitrogens with one attached hydrogen (secondary N) is 1. The molecule has 0 radical (unpaired) electrons. The average molecular weight is 376 g/mol. The van der Waals surface area contributed by atoms with Gasteiger partial charge in [0.25, 0.3) is 0 Å². The molecule has 0 saturated carbocycles. The van der Waals surface area contributed by atoms with Gasteiger partial charge in [0.15, 0.2) is 0 Å².